The fourth-order valence-electron chi connectivity index (χ4n) is 2.03. The minimum atomic E-state index is 0.668. The van der Waals surface area contributed by atoms with Crippen LogP contribution in [-0.2, 0) is 0 Å². The number of para-hydroxylation sites is 1. The Bertz CT molecular complexity index is 388. The Morgan fingerprint density at radius 1 is 1.11 bits per heavy atom. The first-order valence-electron chi connectivity index (χ1n) is 7.26. The van der Waals surface area contributed by atoms with Gasteiger partial charge in [0.2, 0.25) is 0 Å². The highest BCUT2D eigenvalue weighted by Gasteiger charge is 2.08. The zero-order chi connectivity index (χ0) is 13.9. The summed E-state index contributed by atoms with van der Waals surface area (Å²) >= 11 is 0. The molecule has 1 aromatic rings. The van der Waals surface area contributed by atoms with Gasteiger partial charge in [0.05, 0.1) is 12.3 Å². The van der Waals surface area contributed by atoms with E-state index in [9.17, 15) is 0 Å². The van der Waals surface area contributed by atoms with Crippen molar-refractivity contribution < 1.29 is 9.94 Å². The molecule has 0 aliphatic carbocycles. The summed E-state index contributed by atoms with van der Waals surface area (Å²) in [5, 5.41) is 12.3. The number of nitrogens with zero attached hydrogens (tertiary/aromatic N) is 1. The number of benzene rings is 1. The lowest BCUT2D eigenvalue weighted by Gasteiger charge is -2.11. The molecule has 0 radical (unpaired) electrons. The molecular formula is C16H25NO2. The second kappa shape index (κ2) is 9.42. The summed E-state index contributed by atoms with van der Waals surface area (Å²) in [6, 6.07) is 7.75. The molecular weight excluding hydrogens is 238 g/mol. The molecule has 0 aliphatic heterocycles. The van der Waals surface area contributed by atoms with Crippen LogP contribution in [0.2, 0.25) is 0 Å². The minimum absolute atomic E-state index is 0.668. The van der Waals surface area contributed by atoms with Gasteiger partial charge in [-0.15, -0.1) is 0 Å². The number of hydrogen-bond acceptors (Lipinski definition) is 3. The van der Waals surface area contributed by atoms with Gasteiger partial charge >= 0.3 is 0 Å². The van der Waals surface area contributed by atoms with Crippen molar-refractivity contribution in [2.75, 3.05) is 6.61 Å². The maximum Gasteiger partial charge on any atom is 0.128 e. The highest BCUT2D eigenvalue weighted by Crippen LogP contribution is 2.20. The van der Waals surface area contributed by atoms with Gasteiger partial charge in [0.1, 0.15) is 5.75 Å². The molecule has 3 nitrogen and oxygen atoms in total. The average Bonchev–Trinajstić information content (AvgIpc) is 2.45. The zero-order valence-electron chi connectivity index (χ0n) is 12.1. The van der Waals surface area contributed by atoms with Gasteiger partial charge in [-0.3, -0.25) is 0 Å². The standard InChI is InChI=1S/C16H25NO2/c1-3-5-6-7-10-13-19-16-12-9-8-11-14(16)15(4-2)17-18/h8-9,11-12,18H,3-7,10,13H2,1-2H3/b17-15+. The van der Waals surface area contributed by atoms with E-state index in [-0.39, 0.29) is 0 Å². The maximum atomic E-state index is 9.01. The molecule has 0 amide bonds. The van der Waals surface area contributed by atoms with Crippen LogP contribution in [0.15, 0.2) is 29.4 Å². The lowest BCUT2D eigenvalue weighted by atomic mass is 10.1. The highest BCUT2D eigenvalue weighted by atomic mass is 16.5. The largest absolute Gasteiger partial charge is 0.493 e. The number of unbranched alkanes of at least 4 members (excludes halogenated alkanes) is 4. The van der Waals surface area contributed by atoms with Gasteiger partial charge in [-0.1, -0.05) is 56.8 Å². The van der Waals surface area contributed by atoms with Crippen LogP contribution in [-0.4, -0.2) is 17.5 Å². The summed E-state index contributed by atoms with van der Waals surface area (Å²) in [6.45, 7) is 4.91. The molecule has 0 bridgehead atoms. The van der Waals surface area contributed by atoms with Crippen LogP contribution in [0.1, 0.15) is 57.9 Å². The average molecular weight is 263 g/mol. The number of hydrogen-bond donors (Lipinski definition) is 1. The van der Waals surface area contributed by atoms with Crippen LogP contribution in [0.4, 0.5) is 0 Å². The molecule has 0 saturated heterocycles. The first-order valence-corrected chi connectivity index (χ1v) is 7.26. The van der Waals surface area contributed by atoms with E-state index in [1.54, 1.807) is 0 Å². The van der Waals surface area contributed by atoms with Crippen molar-refractivity contribution in [3.8, 4) is 5.75 Å². The van der Waals surface area contributed by atoms with E-state index in [0.717, 1.165) is 24.3 Å². The Balaban J connectivity index is 2.49. The van der Waals surface area contributed by atoms with E-state index in [1.807, 2.05) is 31.2 Å². The van der Waals surface area contributed by atoms with Gasteiger partial charge < -0.3 is 9.94 Å². The Labute approximate surface area is 116 Å². The SMILES string of the molecule is CCCCCCCOc1ccccc1/C(CC)=N/O. The van der Waals surface area contributed by atoms with Crippen LogP contribution in [0.5, 0.6) is 5.75 Å². The molecule has 19 heavy (non-hydrogen) atoms. The Morgan fingerprint density at radius 3 is 2.53 bits per heavy atom. The molecule has 1 N–H and O–H groups in total. The predicted octanol–water partition coefficient (Wildman–Crippen LogP) is 4.62. The van der Waals surface area contributed by atoms with Crippen molar-refractivity contribution in [2.45, 2.75) is 52.4 Å². The Kier molecular flexibility index (Phi) is 7.71. The molecule has 0 fully saturated rings. The van der Waals surface area contributed by atoms with E-state index < -0.39 is 0 Å². The molecule has 0 unspecified atom stereocenters. The molecule has 0 spiro atoms. The fourth-order valence-corrected chi connectivity index (χ4v) is 2.03. The summed E-state index contributed by atoms with van der Waals surface area (Å²) in [5.41, 5.74) is 1.56. The molecule has 0 aliphatic rings. The second-order valence-corrected chi connectivity index (χ2v) is 4.66. The number of oxime groups is 1. The molecule has 1 rings (SSSR count). The van der Waals surface area contributed by atoms with Gasteiger partial charge in [-0.2, -0.15) is 0 Å². The van der Waals surface area contributed by atoms with E-state index in [4.69, 9.17) is 9.94 Å². The molecule has 0 heterocycles. The van der Waals surface area contributed by atoms with E-state index in [1.165, 1.54) is 25.7 Å². The molecule has 0 saturated carbocycles. The maximum absolute atomic E-state index is 9.01. The third-order valence-electron chi connectivity index (χ3n) is 3.16. The van der Waals surface area contributed by atoms with Gasteiger partial charge in [0.15, 0.2) is 0 Å². The van der Waals surface area contributed by atoms with E-state index >= 15 is 0 Å². The summed E-state index contributed by atoms with van der Waals surface area (Å²) in [4.78, 5) is 0. The monoisotopic (exact) mass is 263 g/mol. The second-order valence-electron chi connectivity index (χ2n) is 4.66. The minimum Gasteiger partial charge on any atom is -0.493 e. The van der Waals surface area contributed by atoms with Crippen molar-refractivity contribution in [1.82, 2.24) is 0 Å². The topological polar surface area (TPSA) is 41.8 Å². The lowest BCUT2D eigenvalue weighted by molar-refractivity contribution is 0.302. The third kappa shape index (κ3) is 5.33. The van der Waals surface area contributed by atoms with Crippen molar-refractivity contribution in [3.05, 3.63) is 29.8 Å². The zero-order valence-corrected chi connectivity index (χ0v) is 12.1. The van der Waals surface area contributed by atoms with Crippen LogP contribution in [0, 0.1) is 0 Å². The van der Waals surface area contributed by atoms with Gasteiger partial charge in [-0.25, -0.2) is 0 Å². The predicted molar refractivity (Wildman–Crippen MR) is 79.3 cm³/mol. The first-order chi connectivity index (χ1) is 9.33. The quantitative estimate of drug-likeness (QED) is 0.305. The normalized spacial score (nSPS) is 11.6. The van der Waals surface area contributed by atoms with Crippen LogP contribution in [0.3, 0.4) is 0 Å². The summed E-state index contributed by atoms with van der Waals surface area (Å²) < 4.78 is 5.81. The third-order valence-corrected chi connectivity index (χ3v) is 3.16. The summed E-state index contributed by atoms with van der Waals surface area (Å²) in [5.74, 6) is 0.813. The lowest BCUT2D eigenvalue weighted by Crippen LogP contribution is -2.05. The summed E-state index contributed by atoms with van der Waals surface area (Å²) in [7, 11) is 0. The Hall–Kier alpha value is -1.51. The summed E-state index contributed by atoms with van der Waals surface area (Å²) in [6.07, 6.45) is 6.81. The highest BCUT2D eigenvalue weighted by molar-refractivity contribution is 6.02. The smallest absolute Gasteiger partial charge is 0.128 e. The Morgan fingerprint density at radius 2 is 1.84 bits per heavy atom. The first kappa shape index (κ1) is 15.5. The van der Waals surface area contributed by atoms with Crippen molar-refractivity contribution in [2.24, 2.45) is 5.16 Å². The molecule has 106 valence electrons. The molecule has 1 aromatic carbocycles. The van der Waals surface area contributed by atoms with Crippen molar-refractivity contribution in [3.63, 3.8) is 0 Å². The fraction of sp³-hybridized carbons (Fsp3) is 0.562. The van der Waals surface area contributed by atoms with Crippen molar-refractivity contribution >= 4 is 5.71 Å². The van der Waals surface area contributed by atoms with Gasteiger partial charge in [-0.05, 0) is 25.0 Å². The van der Waals surface area contributed by atoms with Gasteiger partial charge in [0, 0.05) is 5.56 Å². The molecule has 0 aromatic heterocycles. The van der Waals surface area contributed by atoms with E-state index in [0.29, 0.717) is 12.1 Å². The number of ether oxygens (including phenoxy) is 1. The van der Waals surface area contributed by atoms with E-state index in [2.05, 4.69) is 12.1 Å². The van der Waals surface area contributed by atoms with Crippen molar-refractivity contribution in [1.29, 1.82) is 0 Å². The molecule has 3 heteroatoms. The van der Waals surface area contributed by atoms with Gasteiger partial charge in [0.25, 0.3) is 0 Å². The van der Waals surface area contributed by atoms with Crippen LogP contribution in [0.25, 0.3) is 0 Å². The van der Waals surface area contributed by atoms with Crippen LogP contribution >= 0.6 is 0 Å². The molecule has 0 atom stereocenters. The van der Waals surface area contributed by atoms with Crippen LogP contribution < -0.4 is 4.74 Å². The number of rotatable bonds is 9.